The van der Waals surface area contributed by atoms with Gasteiger partial charge in [-0.3, -0.25) is 4.79 Å². The van der Waals surface area contributed by atoms with E-state index in [4.69, 9.17) is 10.5 Å². The highest BCUT2D eigenvalue weighted by Gasteiger charge is 2.30. The number of carbonyl (C=O) groups is 1. The van der Waals surface area contributed by atoms with E-state index in [0.29, 0.717) is 25.4 Å². The van der Waals surface area contributed by atoms with Crippen molar-refractivity contribution in [2.75, 3.05) is 25.4 Å². The number of ether oxygens (including phenoxy) is 1. The van der Waals surface area contributed by atoms with E-state index < -0.39 is 0 Å². The molecule has 4 rings (SSSR count). The van der Waals surface area contributed by atoms with Gasteiger partial charge in [-0.25, -0.2) is 9.97 Å². The fourth-order valence-electron chi connectivity index (χ4n) is 3.64. The van der Waals surface area contributed by atoms with E-state index in [0.717, 1.165) is 42.5 Å². The van der Waals surface area contributed by atoms with E-state index in [2.05, 4.69) is 9.97 Å². The maximum atomic E-state index is 13.1. The van der Waals surface area contributed by atoms with Crippen LogP contribution in [0.15, 0.2) is 30.3 Å². The Labute approximate surface area is 147 Å². The second kappa shape index (κ2) is 6.80. The quantitative estimate of drug-likeness (QED) is 0.907. The van der Waals surface area contributed by atoms with Crippen LogP contribution in [0.5, 0.6) is 0 Å². The van der Waals surface area contributed by atoms with Gasteiger partial charge in [0.2, 0.25) is 5.95 Å². The van der Waals surface area contributed by atoms with Crippen molar-refractivity contribution in [2.45, 2.75) is 31.8 Å². The first kappa shape index (κ1) is 16.0. The van der Waals surface area contributed by atoms with Gasteiger partial charge in [0.15, 0.2) is 0 Å². The first-order chi connectivity index (χ1) is 12.2. The van der Waals surface area contributed by atoms with Crippen molar-refractivity contribution >= 4 is 11.9 Å². The Morgan fingerprint density at radius 3 is 2.80 bits per heavy atom. The summed E-state index contributed by atoms with van der Waals surface area (Å²) in [6.45, 7) is 1.62. The van der Waals surface area contributed by atoms with E-state index in [1.807, 2.05) is 35.2 Å². The number of nitrogens with zero attached hydrogens (tertiary/aromatic N) is 3. The lowest BCUT2D eigenvalue weighted by atomic mass is 9.94. The summed E-state index contributed by atoms with van der Waals surface area (Å²) in [7, 11) is 0. The summed E-state index contributed by atoms with van der Waals surface area (Å²) in [5.74, 6) is 0.133. The second-order valence-corrected chi connectivity index (χ2v) is 6.58. The molecule has 0 unspecified atom stereocenters. The number of benzene rings is 1. The molecule has 0 bridgehead atoms. The molecular weight excluding hydrogens is 316 g/mol. The van der Waals surface area contributed by atoms with Crippen molar-refractivity contribution in [2.24, 2.45) is 0 Å². The minimum absolute atomic E-state index is 0.0588. The van der Waals surface area contributed by atoms with Gasteiger partial charge in [0.25, 0.3) is 5.91 Å². The number of amides is 1. The highest BCUT2D eigenvalue weighted by molar-refractivity contribution is 5.94. The van der Waals surface area contributed by atoms with Crippen molar-refractivity contribution < 1.29 is 9.53 Å². The smallest absolute Gasteiger partial charge is 0.273 e. The summed E-state index contributed by atoms with van der Waals surface area (Å²) in [5.41, 5.74) is 9.34. The van der Waals surface area contributed by atoms with Crippen LogP contribution in [0.2, 0.25) is 0 Å². The molecule has 2 heterocycles. The molecule has 1 atom stereocenters. The molecule has 1 saturated heterocycles. The number of anilines is 1. The molecule has 1 aromatic heterocycles. The third-order valence-corrected chi connectivity index (χ3v) is 4.93. The molecule has 1 fully saturated rings. The highest BCUT2D eigenvalue weighted by Crippen LogP contribution is 2.26. The van der Waals surface area contributed by atoms with Crippen molar-refractivity contribution in [3.05, 3.63) is 52.8 Å². The summed E-state index contributed by atoms with van der Waals surface area (Å²) in [6.07, 6.45) is 3.77. The minimum atomic E-state index is -0.103. The number of aryl methyl sites for hydroxylation is 1. The van der Waals surface area contributed by atoms with Crippen LogP contribution < -0.4 is 5.73 Å². The van der Waals surface area contributed by atoms with Crippen LogP contribution in [0.1, 0.15) is 46.3 Å². The summed E-state index contributed by atoms with van der Waals surface area (Å²) in [5, 5.41) is 0. The van der Waals surface area contributed by atoms with Gasteiger partial charge in [-0.05, 0) is 31.2 Å². The molecule has 0 spiro atoms. The first-order valence-electron chi connectivity index (χ1n) is 8.83. The van der Waals surface area contributed by atoms with Gasteiger partial charge in [0.1, 0.15) is 11.8 Å². The molecular formula is C19H22N4O2. The molecule has 0 saturated carbocycles. The monoisotopic (exact) mass is 338 g/mol. The van der Waals surface area contributed by atoms with Crippen LogP contribution in [0.3, 0.4) is 0 Å². The largest absolute Gasteiger partial charge is 0.370 e. The van der Waals surface area contributed by atoms with Crippen molar-refractivity contribution in [3.8, 4) is 0 Å². The Kier molecular flexibility index (Phi) is 4.36. The maximum absolute atomic E-state index is 13.1. The number of nitrogen functional groups attached to an aromatic ring is 1. The SMILES string of the molecule is Nc1nc2c(c(C(=O)N3CCO[C@H](c4ccccc4)C3)n1)CCCC2. The number of fused-ring (bicyclic) bond motifs is 1. The third kappa shape index (κ3) is 3.22. The number of nitrogens with two attached hydrogens (primary N) is 1. The van der Waals surface area contributed by atoms with Gasteiger partial charge in [0, 0.05) is 17.8 Å². The van der Waals surface area contributed by atoms with Gasteiger partial charge in [-0.1, -0.05) is 30.3 Å². The van der Waals surface area contributed by atoms with Crippen molar-refractivity contribution in [1.82, 2.24) is 14.9 Å². The molecule has 1 aromatic carbocycles. The first-order valence-corrected chi connectivity index (χ1v) is 8.83. The molecule has 130 valence electrons. The molecule has 1 aliphatic carbocycles. The van der Waals surface area contributed by atoms with Crippen LogP contribution in [0, 0.1) is 0 Å². The van der Waals surface area contributed by atoms with E-state index in [-0.39, 0.29) is 18.0 Å². The van der Waals surface area contributed by atoms with Gasteiger partial charge >= 0.3 is 0 Å². The third-order valence-electron chi connectivity index (χ3n) is 4.93. The maximum Gasteiger partial charge on any atom is 0.273 e. The van der Waals surface area contributed by atoms with Crippen LogP contribution in [-0.4, -0.2) is 40.5 Å². The normalized spacial score (nSPS) is 20.2. The van der Waals surface area contributed by atoms with Crippen molar-refractivity contribution in [1.29, 1.82) is 0 Å². The molecule has 25 heavy (non-hydrogen) atoms. The molecule has 2 aliphatic rings. The zero-order valence-electron chi connectivity index (χ0n) is 14.1. The summed E-state index contributed by atoms with van der Waals surface area (Å²) < 4.78 is 5.87. The van der Waals surface area contributed by atoms with Crippen LogP contribution >= 0.6 is 0 Å². The number of hydrogen-bond acceptors (Lipinski definition) is 5. The van der Waals surface area contributed by atoms with Gasteiger partial charge in [0.05, 0.1) is 13.2 Å². The van der Waals surface area contributed by atoms with E-state index in [1.54, 1.807) is 0 Å². The highest BCUT2D eigenvalue weighted by atomic mass is 16.5. The van der Waals surface area contributed by atoms with Gasteiger partial charge in [-0.15, -0.1) is 0 Å². The predicted molar refractivity (Wildman–Crippen MR) is 94.1 cm³/mol. The van der Waals surface area contributed by atoms with Crippen LogP contribution in [-0.2, 0) is 17.6 Å². The van der Waals surface area contributed by atoms with E-state index in [1.165, 1.54) is 0 Å². The lowest BCUT2D eigenvalue weighted by molar-refractivity contribution is -0.0230. The Balaban J connectivity index is 1.60. The fourth-order valence-corrected chi connectivity index (χ4v) is 3.64. The number of aromatic nitrogens is 2. The Bertz CT molecular complexity index is 778. The topological polar surface area (TPSA) is 81.3 Å². The van der Waals surface area contributed by atoms with Crippen LogP contribution in [0.25, 0.3) is 0 Å². The Hall–Kier alpha value is -2.47. The average Bonchev–Trinajstić information content (AvgIpc) is 2.67. The molecule has 2 N–H and O–H groups in total. The summed E-state index contributed by atoms with van der Waals surface area (Å²) >= 11 is 0. The van der Waals surface area contributed by atoms with E-state index in [9.17, 15) is 4.79 Å². The molecule has 0 radical (unpaired) electrons. The standard InChI is InChI=1S/C19H22N4O2/c20-19-21-15-9-5-4-8-14(15)17(22-19)18(24)23-10-11-25-16(12-23)13-6-2-1-3-7-13/h1-3,6-7,16H,4-5,8-12H2,(H2,20,21,22)/t16-/m0/s1. The predicted octanol–water partition coefficient (Wildman–Crippen LogP) is 2.15. The number of rotatable bonds is 2. The van der Waals surface area contributed by atoms with Gasteiger partial charge < -0.3 is 15.4 Å². The Morgan fingerprint density at radius 2 is 1.96 bits per heavy atom. The van der Waals surface area contributed by atoms with Gasteiger partial charge in [-0.2, -0.15) is 0 Å². The molecule has 6 heteroatoms. The minimum Gasteiger partial charge on any atom is -0.370 e. The fraction of sp³-hybridized carbons (Fsp3) is 0.421. The second-order valence-electron chi connectivity index (χ2n) is 6.58. The summed E-state index contributed by atoms with van der Waals surface area (Å²) in [4.78, 5) is 23.6. The Morgan fingerprint density at radius 1 is 1.16 bits per heavy atom. The molecule has 1 amide bonds. The zero-order valence-corrected chi connectivity index (χ0v) is 14.1. The number of carbonyl (C=O) groups excluding carboxylic acids is 1. The number of morpholine rings is 1. The molecule has 2 aromatic rings. The average molecular weight is 338 g/mol. The van der Waals surface area contributed by atoms with Crippen molar-refractivity contribution in [3.63, 3.8) is 0 Å². The van der Waals surface area contributed by atoms with Crippen LogP contribution in [0.4, 0.5) is 5.95 Å². The summed E-state index contributed by atoms with van der Waals surface area (Å²) in [6, 6.07) is 10.0. The lowest BCUT2D eigenvalue weighted by Gasteiger charge is -2.33. The molecule has 1 aliphatic heterocycles. The zero-order chi connectivity index (χ0) is 17.2. The number of hydrogen-bond donors (Lipinski definition) is 1. The lowest BCUT2D eigenvalue weighted by Crippen LogP contribution is -2.43. The molecule has 6 nitrogen and oxygen atoms in total. The van der Waals surface area contributed by atoms with E-state index >= 15 is 0 Å².